The number of nitrogens with one attached hydrogen (secondary N) is 1. The Morgan fingerprint density at radius 1 is 1.07 bits per heavy atom. The van der Waals surface area contributed by atoms with Gasteiger partial charge in [0.15, 0.2) is 5.13 Å². The Morgan fingerprint density at radius 2 is 1.90 bits per heavy atom. The minimum absolute atomic E-state index is 0.329. The lowest BCUT2D eigenvalue weighted by molar-refractivity contribution is 0.102. The molecule has 4 rings (SSSR count). The number of hydrogen-bond acceptors (Lipinski definition) is 6. The number of aromatic nitrogens is 2. The van der Waals surface area contributed by atoms with Crippen LogP contribution in [0.15, 0.2) is 47.8 Å². The van der Waals surface area contributed by atoms with Crippen LogP contribution in [0.2, 0.25) is 0 Å². The molecule has 0 aliphatic heterocycles. The maximum Gasteiger partial charge on any atom is 0.259 e. The van der Waals surface area contributed by atoms with Crippen LogP contribution in [-0.4, -0.2) is 30.1 Å². The summed E-state index contributed by atoms with van der Waals surface area (Å²) in [5.74, 6) is 0.638. The first-order valence-corrected chi connectivity index (χ1v) is 9.92. The van der Waals surface area contributed by atoms with Crippen molar-refractivity contribution in [3.05, 3.63) is 64.9 Å². The summed E-state index contributed by atoms with van der Waals surface area (Å²) >= 11 is 1.30. The van der Waals surface area contributed by atoms with Gasteiger partial charge in [-0.15, -0.1) is 11.3 Å². The lowest BCUT2D eigenvalue weighted by atomic mass is 10.1. The average molecular weight is 423 g/mol. The summed E-state index contributed by atoms with van der Waals surface area (Å²) in [6, 6.07) is 11.4. The zero-order valence-electron chi connectivity index (χ0n) is 16.5. The van der Waals surface area contributed by atoms with Crippen molar-refractivity contribution in [1.82, 2.24) is 9.97 Å². The monoisotopic (exact) mass is 423 g/mol. The molecular formula is C22H18FN3O3S. The second-order valence-corrected chi connectivity index (χ2v) is 7.37. The maximum absolute atomic E-state index is 13.4. The van der Waals surface area contributed by atoms with E-state index in [9.17, 15) is 9.18 Å². The second kappa shape index (κ2) is 8.08. The quantitative estimate of drug-likeness (QED) is 0.485. The normalized spacial score (nSPS) is 10.8. The summed E-state index contributed by atoms with van der Waals surface area (Å²) in [5.41, 5.74) is 2.85. The van der Waals surface area contributed by atoms with Gasteiger partial charge in [-0.25, -0.2) is 9.37 Å². The first-order valence-electron chi connectivity index (χ1n) is 9.04. The highest BCUT2D eigenvalue weighted by atomic mass is 32.1. The predicted molar refractivity (Wildman–Crippen MR) is 115 cm³/mol. The van der Waals surface area contributed by atoms with Crippen LogP contribution in [0.5, 0.6) is 11.5 Å². The minimum Gasteiger partial charge on any atom is -0.497 e. The van der Waals surface area contributed by atoms with Gasteiger partial charge in [-0.2, -0.15) is 0 Å². The van der Waals surface area contributed by atoms with Gasteiger partial charge >= 0.3 is 0 Å². The van der Waals surface area contributed by atoms with E-state index in [-0.39, 0.29) is 11.7 Å². The van der Waals surface area contributed by atoms with Crippen LogP contribution >= 0.6 is 11.3 Å². The number of pyridine rings is 1. The molecule has 2 aromatic heterocycles. The van der Waals surface area contributed by atoms with Crippen LogP contribution in [0.4, 0.5) is 9.52 Å². The van der Waals surface area contributed by atoms with Crippen LogP contribution in [0, 0.1) is 12.7 Å². The molecule has 0 aliphatic rings. The Hall–Kier alpha value is -3.52. The van der Waals surface area contributed by atoms with E-state index in [1.54, 1.807) is 45.4 Å². The van der Waals surface area contributed by atoms with Gasteiger partial charge in [-0.05, 0) is 43.3 Å². The van der Waals surface area contributed by atoms with Gasteiger partial charge in [0.1, 0.15) is 17.3 Å². The van der Waals surface area contributed by atoms with Crippen LogP contribution in [0.1, 0.15) is 16.1 Å². The molecule has 1 N–H and O–H groups in total. The predicted octanol–water partition coefficient (Wildman–Crippen LogP) is 5.08. The highest BCUT2D eigenvalue weighted by molar-refractivity contribution is 7.14. The number of aryl methyl sites for hydroxylation is 1. The number of fused-ring (bicyclic) bond motifs is 1. The Bertz CT molecular complexity index is 1260. The number of methoxy groups -OCH3 is 2. The smallest absolute Gasteiger partial charge is 0.259 e. The maximum atomic E-state index is 13.4. The molecule has 0 unspecified atom stereocenters. The Balaban J connectivity index is 1.61. The lowest BCUT2D eigenvalue weighted by Gasteiger charge is -2.09. The van der Waals surface area contributed by atoms with Crippen molar-refractivity contribution >= 4 is 33.3 Å². The van der Waals surface area contributed by atoms with Crippen molar-refractivity contribution in [3.8, 4) is 22.8 Å². The molecule has 0 saturated carbocycles. The number of rotatable bonds is 5. The summed E-state index contributed by atoms with van der Waals surface area (Å²) in [6.07, 6.45) is 0. The number of amides is 1. The number of nitrogens with zero attached hydrogens (tertiary/aromatic N) is 2. The molecule has 2 aromatic carbocycles. The Labute approximate surface area is 176 Å². The molecule has 152 valence electrons. The van der Waals surface area contributed by atoms with Crippen molar-refractivity contribution in [2.75, 3.05) is 19.5 Å². The van der Waals surface area contributed by atoms with E-state index >= 15 is 0 Å². The third kappa shape index (κ3) is 3.81. The highest BCUT2D eigenvalue weighted by Crippen LogP contribution is 2.35. The summed E-state index contributed by atoms with van der Waals surface area (Å²) in [5, 5.41) is 5.78. The molecule has 0 aliphatic carbocycles. The van der Waals surface area contributed by atoms with Crippen molar-refractivity contribution in [3.63, 3.8) is 0 Å². The fourth-order valence-corrected chi connectivity index (χ4v) is 3.81. The molecular weight excluding hydrogens is 405 g/mol. The molecule has 0 saturated heterocycles. The zero-order valence-corrected chi connectivity index (χ0v) is 17.3. The molecule has 6 nitrogen and oxygen atoms in total. The van der Waals surface area contributed by atoms with Gasteiger partial charge in [0.2, 0.25) is 0 Å². The first kappa shape index (κ1) is 19.8. The number of ether oxygens (including phenoxy) is 2. The van der Waals surface area contributed by atoms with Gasteiger partial charge in [0.05, 0.1) is 36.7 Å². The Morgan fingerprint density at radius 3 is 2.67 bits per heavy atom. The van der Waals surface area contributed by atoms with Gasteiger partial charge in [-0.1, -0.05) is 0 Å². The summed E-state index contributed by atoms with van der Waals surface area (Å²) in [7, 11) is 3.17. The molecule has 0 radical (unpaired) electrons. The lowest BCUT2D eigenvalue weighted by Crippen LogP contribution is -2.14. The molecule has 30 heavy (non-hydrogen) atoms. The fraction of sp³-hybridized carbons (Fsp3) is 0.136. The SMILES string of the molecule is COc1ccc(OC)c(-c2csc(NC(=O)c3cc4ccc(F)cc4nc3C)n2)c1. The first-order chi connectivity index (χ1) is 14.5. The largest absolute Gasteiger partial charge is 0.497 e. The second-order valence-electron chi connectivity index (χ2n) is 6.52. The number of hydrogen-bond donors (Lipinski definition) is 1. The van der Waals surface area contributed by atoms with Gasteiger partial charge in [0, 0.05) is 22.4 Å². The molecule has 0 spiro atoms. The van der Waals surface area contributed by atoms with E-state index in [2.05, 4.69) is 15.3 Å². The minimum atomic E-state index is -0.366. The van der Waals surface area contributed by atoms with Crippen molar-refractivity contribution < 1.29 is 18.7 Å². The summed E-state index contributed by atoms with van der Waals surface area (Å²) in [4.78, 5) is 21.7. The van der Waals surface area contributed by atoms with E-state index in [1.807, 2.05) is 11.4 Å². The number of anilines is 1. The number of carbonyl (C=O) groups is 1. The fourth-order valence-electron chi connectivity index (χ4n) is 3.10. The Kier molecular flexibility index (Phi) is 5.33. The van der Waals surface area contributed by atoms with Gasteiger partial charge in [-0.3, -0.25) is 15.1 Å². The number of halogens is 1. The summed E-state index contributed by atoms with van der Waals surface area (Å²) in [6.45, 7) is 1.72. The molecule has 0 atom stereocenters. The molecule has 4 aromatic rings. The zero-order chi connectivity index (χ0) is 21.3. The van der Waals surface area contributed by atoms with E-state index in [4.69, 9.17) is 9.47 Å². The van der Waals surface area contributed by atoms with E-state index < -0.39 is 0 Å². The molecule has 0 bridgehead atoms. The topological polar surface area (TPSA) is 73.3 Å². The van der Waals surface area contributed by atoms with E-state index in [0.717, 1.165) is 5.56 Å². The molecule has 8 heteroatoms. The third-order valence-electron chi connectivity index (χ3n) is 4.62. The van der Waals surface area contributed by atoms with E-state index in [1.165, 1.54) is 23.5 Å². The van der Waals surface area contributed by atoms with Crippen LogP contribution in [-0.2, 0) is 0 Å². The third-order valence-corrected chi connectivity index (χ3v) is 5.38. The van der Waals surface area contributed by atoms with Gasteiger partial charge in [0.25, 0.3) is 5.91 Å². The van der Waals surface area contributed by atoms with Gasteiger partial charge < -0.3 is 9.47 Å². The van der Waals surface area contributed by atoms with E-state index in [0.29, 0.717) is 44.5 Å². The average Bonchev–Trinajstić information content (AvgIpc) is 3.20. The number of carbonyl (C=O) groups excluding carboxylic acids is 1. The number of benzene rings is 2. The molecule has 2 heterocycles. The van der Waals surface area contributed by atoms with Crippen LogP contribution in [0.3, 0.4) is 0 Å². The molecule has 1 amide bonds. The van der Waals surface area contributed by atoms with Crippen molar-refractivity contribution in [2.45, 2.75) is 6.92 Å². The molecule has 0 fully saturated rings. The highest BCUT2D eigenvalue weighted by Gasteiger charge is 2.16. The van der Waals surface area contributed by atoms with Crippen molar-refractivity contribution in [2.24, 2.45) is 0 Å². The summed E-state index contributed by atoms with van der Waals surface area (Å²) < 4.78 is 24.1. The van der Waals surface area contributed by atoms with Crippen LogP contribution < -0.4 is 14.8 Å². The number of thiazole rings is 1. The van der Waals surface area contributed by atoms with Crippen molar-refractivity contribution in [1.29, 1.82) is 0 Å². The standard InChI is InChI=1S/C22H18FN3O3S/c1-12-16(8-13-4-5-14(23)9-18(13)24-12)21(27)26-22-25-19(11-30-22)17-10-15(28-2)6-7-20(17)29-3/h4-11H,1-3H3,(H,25,26,27). The van der Waals surface area contributed by atoms with Crippen LogP contribution in [0.25, 0.3) is 22.2 Å².